The van der Waals surface area contributed by atoms with Crippen molar-refractivity contribution in [1.29, 1.82) is 0 Å². The summed E-state index contributed by atoms with van der Waals surface area (Å²) in [7, 11) is 0. The van der Waals surface area contributed by atoms with Gasteiger partial charge in [-0.2, -0.15) is 5.10 Å². The summed E-state index contributed by atoms with van der Waals surface area (Å²) in [6.07, 6.45) is 1.77. The van der Waals surface area contributed by atoms with Crippen molar-refractivity contribution in [2.45, 2.75) is 26.3 Å². The van der Waals surface area contributed by atoms with Crippen LogP contribution in [0.25, 0.3) is 0 Å². The van der Waals surface area contributed by atoms with E-state index in [-0.39, 0.29) is 5.54 Å². The van der Waals surface area contributed by atoms with Gasteiger partial charge in [0, 0.05) is 0 Å². The average molecular weight is 285 g/mol. The van der Waals surface area contributed by atoms with Gasteiger partial charge in [-0.05, 0) is 43.4 Å². The second-order valence-electron chi connectivity index (χ2n) is 3.37. The van der Waals surface area contributed by atoms with Crippen LogP contribution < -0.4 is 0 Å². The van der Waals surface area contributed by atoms with Crippen molar-refractivity contribution in [2.75, 3.05) is 0 Å². The van der Waals surface area contributed by atoms with Crippen molar-refractivity contribution >= 4 is 34.2 Å². The first-order valence-electron chi connectivity index (χ1n) is 3.32. The molecule has 0 aliphatic carbocycles. The molecule has 11 heavy (non-hydrogen) atoms. The first-order chi connectivity index (χ1) is 4.93. The molecule has 62 valence electrons. The van der Waals surface area contributed by atoms with Crippen LogP contribution in [0.4, 0.5) is 0 Å². The molecule has 0 atom stereocenters. The lowest BCUT2D eigenvalue weighted by molar-refractivity contribution is 0.356. The van der Waals surface area contributed by atoms with Crippen LogP contribution in [0, 0.1) is 3.57 Å². The summed E-state index contributed by atoms with van der Waals surface area (Å²) in [6.45, 7) is 6.21. The van der Waals surface area contributed by atoms with Crippen molar-refractivity contribution in [2.24, 2.45) is 0 Å². The molecule has 0 N–H and O–H groups in total. The zero-order valence-corrected chi connectivity index (χ0v) is 9.64. The maximum absolute atomic E-state index is 5.99. The Bertz CT molecular complexity index is 262. The van der Waals surface area contributed by atoms with E-state index in [1.54, 1.807) is 6.20 Å². The van der Waals surface area contributed by atoms with Gasteiger partial charge >= 0.3 is 0 Å². The van der Waals surface area contributed by atoms with Crippen molar-refractivity contribution in [3.05, 3.63) is 14.9 Å². The third-order valence-corrected chi connectivity index (χ3v) is 2.78. The summed E-state index contributed by atoms with van der Waals surface area (Å²) in [6, 6.07) is 0. The molecule has 2 nitrogen and oxygen atoms in total. The number of halogens is 2. The Balaban J connectivity index is 3.15. The molecule has 1 heterocycles. The van der Waals surface area contributed by atoms with E-state index in [0.717, 1.165) is 8.72 Å². The highest BCUT2D eigenvalue weighted by atomic mass is 127. The van der Waals surface area contributed by atoms with Gasteiger partial charge in [-0.3, -0.25) is 0 Å². The molecular weight excluding hydrogens is 274 g/mol. The quantitative estimate of drug-likeness (QED) is 0.670. The first kappa shape index (κ1) is 9.32. The van der Waals surface area contributed by atoms with Crippen LogP contribution in [-0.2, 0) is 5.54 Å². The molecule has 0 fully saturated rings. The second-order valence-corrected chi connectivity index (χ2v) is 4.89. The summed E-state index contributed by atoms with van der Waals surface area (Å²) >= 11 is 8.16. The zero-order valence-electron chi connectivity index (χ0n) is 6.73. The third kappa shape index (κ3) is 1.87. The van der Waals surface area contributed by atoms with Gasteiger partial charge in [-0.1, -0.05) is 11.6 Å². The standard InChI is InChI=1S/C7H10ClIN2/c1-7(2,3)11-6(8)5(9)4-10-11/h4H,1-3H3. The minimum absolute atomic E-state index is 0.0273. The molecular formula is C7H10ClIN2. The van der Waals surface area contributed by atoms with Crippen LogP contribution in [0.2, 0.25) is 5.15 Å². The van der Waals surface area contributed by atoms with Crippen molar-refractivity contribution in [3.8, 4) is 0 Å². The summed E-state index contributed by atoms with van der Waals surface area (Å²) in [5.74, 6) is 0. The van der Waals surface area contributed by atoms with Gasteiger partial charge in [-0.25, -0.2) is 4.68 Å². The predicted octanol–water partition coefficient (Wildman–Crippen LogP) is 2.90. The molecule has 0 aromatic carbocycles. The van der Waals surface area contributed by atoms with E-state index in [0.29, 0.717) is 0 Å². The Morgan fingerprint density at radius 3 is 2.27 bits per heavy atom. The minimum atomic E-state index is -0.0273. The number of aromatic nitrogens is 2. The normalized spacial score (nSPS) is 12.1. The van der Waals surface area contributed by atoms with Gasteiger partial charge in [-0.15, -0.1) is 0 Å². The van der Waals surface area contributed by atoms with Crippen LogP contribution in [0.3, 0.4) is 0 Å². The molecule has 0 bridgehead atoms. The monoisotopic (exact) mass is 284 g/mol. The van der Waals surface area contributed by atoms with Gasteiger partial charge in [0.15, 0.2) is 0 Å². The first-order valence-corrected chi connectivity index (χ1v) is 4.78. The molecule has 1 rings (SSSR count). The molecule has 0 saturated carbocycles. The second kappa shape index (κ2) is 2.94. The van der Waals surface area contributed by atoms with Crippen molar-refractivity contribution in [1.82, 2.24) is 9.78 Å². The lowest BCUT2D eigenvalue weighted by Crippen LogP contribution is -2.23. The van der Waals surface area contributed by atoms with E-state index in [1.807, 2.05) is 4.68 Å². The van der Waals surface area contributed by atoms with Gasteiger partial charge in [0.1, 0.15) is 5.15 Å². The van der Waals surface area contributed by atoms with Crippen LogP contribution in [0.1, 0.15) is 20.8 Å². The largest absolute Gasteiger partial charge is 0.248 e. The highest BCUT2D eigenvalue weighted by molar-refractivity contribution is 14.1. The highest BCUT2D eigenvalue weighted by Gasteiger charge is 2.18. The third-order valence-electron chi connectivity index (χ3n) is 1.30. The SMILES string of the molecule is CC(C)(C)n1ncc(I)c1Cl. The van der Waals surface area contributed by atoms with Gasteiger partial charge in [0.05, 0.1) is 15.3 Å². The van der Waals surface area contributed by atoms with E-state index in [1.165, 1.54) is 0 Å². The smallest absolute Gasteiger partial charge is 0.140 e. The van der Waals surface area contributed by atoms with Crippen LogP contribution in [-0.4, -0.2) is 9.78 Å². The van der Waals surface area contributed by atoms with Gasteiger partial charge < -0.3 is 0 Å². The summed E-state index contributed by atoms with van der Waals surface area (Å²) in [5, 5.41) is 4.88. The molecule has 0 unspecified atom stereocenters. The maximum Gasteiger partial charge on any atom is 0.140 e. The minimum Gasteiger partial charge on any atom is -0.248 e. The summed E-state index contributed by atoms with van der Waals surface area (Å²) in [4.78, 5) is 0. The molecule has 1 aromatic heterocycles. The highest BCUT2D eigenvalue weighted by Crippen LogP contribution is 2.23. The molecule has 0 amide bonds. The Morgan fingerprint density at radius 2 is 2.09 bits per heavy atom. The Hall–Kier alpha value is 0.230. The van der Waals surface area contributed by atoms with Crippen molar-refractivity contribution in [3.63, 3.8) is 0 Å². The molecule has 1 aromatic rings. The number of rotatable bonds is 0. The number of hydrogen-bond acceptors (Lipinski definition) is 1. The molecule has 0 radical (unpaired) electrons. The average Bonchev–Trinajstić information content (AvgIpc) is 2.11. The Labute approximate surface area is 85.1 Å². The molecule has 4 heteroatoms. The lowest BCUT2D eigenvalue weighted by Gasteiger charge is -2.19. The zero-order chi connectivity index (χ0) is 8.65. The van der Waals surface area contributed by atoms with Gasteiger partial charge in [0.2, 0.25) is 0 Å². The van der Waals surface area contributed by atoms with E-state index in [2.05, 4.69) is 48.5 Å². The lowest BCUT2D eigenvalue weighted by atomic mass is 10.1. The summed E-state index contributed by atoms with van der Waals surface area (Å²) < 4.78 is 2.82. The maximum atomic E-state index is 5.99. The van der Waals surface area contributed by atoms with Gasteiger partial charge in [0.25, 0.3) is 0 Å². The molecule has 0 saturated heterocycles. The molecule has 0 aliphatic heterocycles. The topological polar surface area (TPSA) is 17.8 Å². The fourth-order valence-corrected chi connectivity index (χ4v) is 1.48. The van der Waals surface area contributed by atoms with Crippen molar-refractivity contribution < 1.29 is 0 Å². The van der Waals surface area contributed by atoms with Crippen LogP contribution in [0.15, 0.2) is 6.20 Å². The number of hydrogen-bond donors (Lipinski definition) is 0. The van der Waals surface area contributed by atoms with E-state index in [4.69, 9.17) is 11.6 Å². The number of nitrogens with zero attached hydrogens (tertiary/aromatic N) is 2. The Morgan fingerprint density at radius 1 is 1.55 bits per heavy atom. The van der Waals surface area contributed by atoms with Crippen LogP contribution in [0.5, 0.6) is 0 Å². The fourth-order valence-electron chi connectivity index (χ4n) is 0.781. The predicted molar refractivity (Wildman–Crippen MR) is 55.0 cm³/mol. The van der Waals surface area contributed by atoms with E-state index < -0.39 is 0 Å². The summed E-state index contributed by atoms with van der Waals surface area (Å²) in [5.41, 5.74) is -0.0273. The van der Waals surface area contributed by atoms with E-state index >= 15 is 0 Å². The molecule has 0 spiro atoms. The fraction of sp³-hybridized carbons (Fsp3) is 0.571. The van der Waals surface area contributed by atoms with E-state index in [9.17, 15) is 0 Å². The molecule has 0 aliphatic rings. The Kier molecular flexibility index (Phi) is 2.49. The van der Waals surface area contributed by atoms with Crippen LogP contribution >= 0.6 is 34.2 Å².